The smallest absolute Gasteiger partial charge is 0.190 e. The summed E-state index contributed by atoms with van der Waals surface area (Å²) in [4.78, 5) is 24.3. The Bertz CT molecular complexity index is 684. The number of aliphatic hydroxyl groups excluding tert-OH is 2. The lowest BCUT2D eigenvalue weighted by Crippen LogP contribution is -2.59. The lowest BCUT2D eigenvalue weighted by molar-refractivity contribution is -0.166. The van der Waals surface area contributed by atoms with E-state index in [0.29, 0.717) is 25.2 Å². The molecule has 0 radical (unpaired) electrons. The molecule has 0 heterocycles. The van der Waals surface area contributed by atoms with Crippen LogP contribution in [0.4, 0.5) is 0 Å². The van der Waals surface area contributed by atoms with E-state index in [2.05, 4.69) is 6.92 Å². The van der Waals surface area contributed by atoms with Gasteiger partial charge in [0.15, 0.2) is 11.6 Å². The molecule has 0 saturated heterocycles. The first kappa shape index (κ1) is 18.3. The lowest BCUT2D eigenvalue weighted by atomic mass is 9.45. The molecule has 0 aromatic carbocycles. The summed E-state index contributed by atoms with van der Waals surface area (Å²) in [6, 6.07) is 0. The topological polar surface area (TPSA) is 94.8 Å². The van der Waals surface area contributed by atoms with Crippen LogP contribution in [0.25, 0.3) is 0 Å². The van der Waals surface area contributed by atoms with Gasteiger partial charge in [0.1, 0.15) is 12.2 Å². The summed E-state index contributed by atoms with van der Waals surface area (Å²) in [5.41, 5.74) is -1.27. The number of carbonyl (C=O) groups excluding carboxylic acids is 2. The van der Waals surface area contributed by atoms with Gasteiger partial charge in [0.25, 0.3) is 0 Å². The van der Waals surface area contributed by atoms with Gasteiger partial charge in [-0.1, -0.05) is 13.8 Å². The van der Waals surface area contributed by atoms with E-state index in [-0.39, 0.29) is 23.0 Å². The number of carbonyl (C=O) groups is 2. The maximum atomic E-state index is 12.4. The zero-order valence-electron chi connectivity index (χ0n) is 15.7. The van der Waals surface area contributed by atoms with Crippen molar-refractivity contribution in [2.75, 3.05) is 6.61 Å². The number of hydrogen-bond donors (Lipinski definition) is 3. The highest BCUT2D eigenvalue weighted by Crippen LogP contribution is 2.67. The van der Waals surface area contributed by atoms with Crippen molar-refractivity contribution in [3.8, 4) is 0 Å². The summed E-state index contributed by atoms with van der Waals surface area (Å²) >= 11 is 0. The fourth-order valence-corrected chi connectivity index (χ4v) is 7.21. The number of fused-ring (bicyclic) bond motifs is 5. The average Bonchev–Trinajstić information content (AvgIpc) is 2.88. The summed E-state index contributed by atoms with van der Waals surface area (Å²) < 4.78 is 0. The van der Waals surface area contributed by atoms with Crippen LogP contribution in [-0.4, -0.2) is 45.2 Å². The quantitative estimate of drug-likeness (QED) is 0.696. The van der Waals surface area contributed by atoms with Crippen LogP contribution in [0.3, 0.4) is 0 Å². The van der Waals surface area contributed by atoms with Crippen molar-refractivity contribution in [2.24, 2.45) is 28.6 Å². The van der Waals surface area contributed by atoms with Crippen molar-refractivity contribution in [1.82, 2.24) is 0 Å². The Morgan fingerprint density at radius 3 is 2.58 bits per heavy atom. The van der Waals surface area contributed by atoms with Crippen molar-refractivity contribution >= 4 is 11.6 Å². The van der Waals surface area contributed by atoms with Gasteiger partial charge >= 0.3 is 0 Å². The molecule has 0 aromatic heterocycles. The number of aliphatic hydroxyl groups is 3. The lowest BCUT2D eigenvalue weighted by Gasteiger charge is -2.59. The second-order valence-corrected chi connectivity index (χ2v) is 9.55. The maximum Gasteiger partial charge on any atom is 0.190 e. The Morgan fingerprint density at radius 1 is 1.19 bits per heavy atom. The fourth-order valence-electron chi connectivity index (χ4n) is 7.21. The van der Waals surface area contributed by atoms with Crippen LogP contribution in [0.1, 0.15) is 58.8 Å². The molecule has 144 valence electrons. The number of ketones is 2. The van der Waals surface area contributed by atoms with Crippen LogP contribution in [0.15, 0.2) is 11.6 Å². The summed E-state index contributed by atoms with van der Waals surface area (Å²) in [6.45, 7) is 3.56. The van der Waals surface area contributed by atoms with Crippen LogP contribution < -0.4 is 0 Å². The molecule has 0 bridgehead atoms. The third kappa shape index (κ3) is 2.14. The van der Waals surface area contributed by atoms with E-state index in [1.54, 1.807) is 6.08 Å². The van der Waals surface area contributed by atoms with Gasteiger partial charge < -0.3 is 15.3 Å². The largest absolute Gasteiger partial charge is 0.389 e. The normalized spacial score (nSPS) is 50.5. The third-order valence-corrected chi connectivity index (χ3v) is 8.73. The third-order valence-electron chi connectivity index (χ3n) is 8.73. The highest BCUT2D eigenvalue weighted by Gasteiger charge is 2.66. The average molecular weight is 362 g/mol. The van der Waals surface area contributed by atoms with E-state index in [9.17, 15) is 24.9 Å². The first-order valence-corrected chi connectivity index (χ1v) is 9.97. The molecule has 4 aliphatic carbocycles. The van der Waals surface area contributed by atoms with Gasteiger partial charge in [0.2, 0.25) is 0 Å². The Morgan fingerprint density at radius 2 is 1.88 bits per heavy atom. The number of hydrogen-bond acceptors (Lipinski definition) is 5. The first-order chi connectivity index (χ1) is 12.2. The van der Waals surface area contributed by atoms with Gasteiger partial charge in [0.05, 0.1) is 6.10 Å². The second kappa shape index (κ2) is 5.73. The fraction of sp³-hybridized carbons (Fsp3) is 0.810. The summed E-state index contributed by atoms with van der Waals surface area (Å²) in [5.74, 6) is 0.411. The van der Waals surface area contributed by atoms with E-state index in [1.165, 1.54) is 0 Å². The molecular formula is C21H30O5. The molecule has 0 unspecified atom stereocenters. The van der Waals surface area contributed by atoms with Gasteiger partial charge in [-0.3, -0.25) is 9.59 Å². The molecule has 26 heavy (non-hydrogen) atoms. The van der Waals surface area contributed by atoms with Crippen molar-refractivity contribution < 1.29 is 24.9 Å². The molecule has 5 nitrogen and oxygen atoms in total. The molecule has 0 amide bonds. The van der Waals surface area contributed by atoms with Crippen LogP contribution in [0.5, 0.6) is 0 Å². The second-order valence-electron chi connectivity index (χ2n) is 9.55. The van der Waals surface area contributed by atoms with E-state index in [1.807, 2.05) is 6.92 Å². The van der Waals surface area contributed by atoms with Gasteiger partial charge in [-0.15, -0.1) is 0 Å². The number of Topliss-reactive ketones (excluding diaryl/α,β-unsaturated/α-hetero) is 1. The van der Waals surface area contributed by atoms with Crippen molar-refractivity contribution in [3.63, 3.8) is 0 Å². The van der Waals surface area contributed by atoms with Crippen molar-refractivity contribution in [2.45, 2.75) is 70.5 Å². The Hall–Kier alpha value is -1.04. The highest BCUT2D eigenvalue weighted by molar-refractivity contribution is 5.92. The van der Waals surface area contributed by atoms with Gasteiger partial charge in [-0.25, -0.2) is 0 Å². The first-order valence-electron chi connectivity index (χ1n) is 9.97. The van der Waals surface area contributed by atoms with Crippen molar-refractivity contribution in [1.29, 1.82) is 0 Å². The summed E-state index contributed by atoms with van der Waals surface area (Å²) in [7, 11) is 0. The van der Waals surface area contributed by atoms with Crippen molar-refractivity contribution in [3.05, 3.63) is 11.6 Å². The number of rotatable bonds is 2. The van der Waals surface area contributed by atoms with Gasteiger partial charge in [0, 0.05) is 11.8 Å². The summed E-state index contributed by atoms with van der Waals surface area (Å²) in [6.07, 6.45) is 5.74. The minimum Gasteiger partial charge on any atom is -0.389 e. The predicted octanol–water partition coefficient (Wildman–Crippen LogP) is 1.78. The predicted molar refractivity (Wildman–Crippen MR) is 95.1 cm³/mol. The molecule has 4 rings (SSSR count). The molecule has 0 aromatic rings. The molecule has 7 atom stereocenters. The van der Waals surface area contributed by atoms with E-state index < -0.39 is 29.5 Å². The van der Waals surface area contributed by atoms with Crippen LogP contribution in [0.2, 0.25) is 0 Å². The highest BCUT2D eigenvalue weighted by atomic mass is 16.3. The van der Waals surface area contributed by atoms with E-state index in [0.717, 1.165) is 31.3 Å². The monoisotopic (exact) mass is 362 g/mol. The zero-order chi connectivity index (χ0) is 18.9. The molecule has 3 fully saturated rings. The Kier molecular flexibility index (Phi) is 4.04. The molecule has 3 N–H and O–H groups in total. The Labute approximate surface area is 154 Å². The molecule has 4 aliphatic rings. The SMILES string of the molecule is C[C@]12CCC(=O)C=C1[C@@H](O)C[C@H]1[C@H]3CC[C@](O)(C(=O)CO)[C@@]3(C)CC[C@@H]12. The van der Waals surface area contributed by atoms with Gasteiger partial charge in [-0.2, -0.15) is 0 Å². The maximum absolute atomic E-state index is 12.4. The van der Waals surface area contributed by atoms with Gasteiger partial charge in [-0.05, 0) is 73.3 Å². The van der Waals surface area contributed by atoms with E-state index >= 15 is 0 Å². The molecule has 0 spiro atoms. The standard InChI is InChI=1S/C21H30O5/c1-19-6-3-12(23)9-16(19)17(24)10-13-14(19)4-7-20(2)15(13)5-8-21(20,26)18(25)11-22/h9,13-15,17,22,24,26H,3-8,10-11H2,1-2H3/t13-,14+,15-,17+,19-,20+,21+/m1/s1. The minimum absolute atomic E-state index is 0.111. The Balaban J connectivity index is 1.72. The van der Waals surface area contributed by atoms with Crippen LogP contribution >= 0.6 is 0 Å². The molecule has 5 heteroatoms. The molecular weight excluding hydrogens is 332 g/mol. The molecule has 0 aliphatic heterocycles. The summed E-state index contributed by atoms with van der Waals surface area (Å²) in [5, 5.41) is 31.4. The minimum atomic E-state index is -1.46. The zero-order valence-corrected chi connectivity index (χ0v) is 15.7. The van der Waals surface area contributed by atoms with Crippen LogP contribution in [0, 0.1) is 28.6 Å². The molecule has 3 saturated carbocycles. The van der Waals surface area contributed by atoms with Crippen LogP contribution in [-0.2, 0) is 9.59 Å². The van der Waals surface area contributed by atoms with E-state index in [4.69, 9.17) is 0 Å².